The van der Waals surface area contributed by atoms with Crippen molar-refractivity contribution in [2.45, 2.75) is 13.3 Å². The van der Waals surface area contributed by atoms with Crippen LogP contribution in [0.5, 0.6) is 5.75 Å². The van der Waals surface area contributed by atoms with E-state index in [1.165, 1.54) is 0 Å². The molecule has 13 nitrogen and oxygen atoms in total. The summed E-state index contributed by atoms with van der Waals surface area (Å²) in [5.41, 5.74) is -3.26. The molecule has 0 saturated carbocycles. The van der Waals surface area contributed by atoms with Crippen molar-refractivity contribution in [3.8, 4) is 5.75 Å². The zero-order chi connectivity index (χ0) is 23.7. The first kappa shape index (κ1) is 25.4. The zero-order valence-electron chi connectivity index (χ0n) is 16.9. The summed E-state index contributed by atoms with van der Waals surface area (Å²) in [6.45, 7) is 3.56. The van der Waals surface area contributed by atoms with E-state index in [1.807, 2.05) is 43.4 Å². The van der Waals surface area contributed by atoms with Crippen LogP contribution in [-0.4, -0.2) is 52.8 Å². The topological polar surface area (TPSA) is 176 Å². The van der Waals surface area contributed by atoms with Crippen LogP contribution in [0.3, 0.4) is 0 Å². The van der Waals surface area contributed by atoms with Crippen LogP contribution in [0.1, 0.15) is 13.3 Å². The molecule has 2 rings (SSSR count). The van der Waals surface area contributed by atoms with Crippen LogP contribution in [0.25, 0.3) is 0 Å². The second kappa shape index (κ2) is 11.5. The average Bonchev–Trinajstić information content (AvgIpc) is 3.22. The number of hydrogen-bond donors (Lipinski definition) is 0. The molecule has 0 spiro atoms. The van der Waals surface area contributed by atoms with Crippen molar-refractivity contribution in [2.24, 2.45) is 0 Å². The predicted molar refractivity (Wildman–Crippen MR) is 111 cm³/mol. The largest absolute Gasteiger partial charge is 0.863 e. The van der Waals surface area contributed by atoms with Crippen molar-refractivity contribution in [1.29, 1.82) is 0 Å². The molecule has 0 bridgehead atoms. The average molecular weight is 454 g/mol. The number of carbonyl (C=O) groups excluding carboxylic acids is 1. The molecule has 0 unspecified atom stereocenters. The minimum atomic E-state index is -1.46. The second-order valence-electron chi connectivity index (χ2n) is 6.24. The molecule has 0 fully saturated rings. The van der Waals surface area contributed by atoms with Gasteiger partial charge in [0.25, 0.3) is 17.1 Å². The Labute approximate surface area is 180 Å². The number of non-ortho nitro benzene ring substituents is 1. The minimum Gasteiger partial charge on any atom is -0.863 e. The van der Waals surface area contributed by atoms with Crippen LogP contribution in [0.15, 0.2) is 29.6 Å². The molecule has 0 aliphatic rings. The van der Waals surface area contributed by atoms with Gasteiger partial charge in [0.15, 0.2) is 0 Å². The Morgan fingerprint density at radius 1 is 1.00 bits per heavy atom. The van der Waals surface area contributed by atoms with Gasteiger partial charge in [-0.3, -0.25) is 35.1 Å². The number of hydrogen-bond acceptors (Lipinski definition) is 10. The Morgan fingerprint density at radius 3 is 1.90 bits per heavy atom. The second-order valence-corrected chi connectivity index (χ2v) is 7.16. The number of nitro groups is 3. The third-order valence-corrected chi connectivity index (χ3v) is 4.68. The van der Waals surface area contributed by atoms with Crippen molar-refractivity contribution in [1.82, 2.24) is 4.90 Å². The van der Waals surface area contributed by atoms with E-state index in [9.17, 15) is 40.2 Å². The van der Waals surface area contributed by atoms with E-state index in [1.54, 1.807) is 11.3 Å². The van der Waals surface area contributed by atoms with Crippen LogP contribution in [-0.2, 0) is 4.79 Å². The summed E-state index contributed by atoms with van der Waals surface area (Å²) >= 11 is 1.61. The summed E-state index contributed by atoms with van der Waals surface area (Å²) in [4.78, 5) is 43.2. The van der Waals surface area contributed by atoms with Gasteiger partial charge in [0.1, 0.15) is 0 Å². The molecule has 1 aromatic carbocycles. The molecule has 1 aromatic heterocycles. The van der Waals surface area contributed by atoms with E-state index in [-0.39, 0.29) is 5.91 Å². The van der Waals surface area contributed by atoms with Gasteiger partial charge in [0.05, 0.1) is 37.7 Å². The molecule has 0 saturated heterocycles. The fourth-order valence-electron chi connectivity index (χ4n) is 2.23. The summed E-state index contributed by atoms with van der Waals surface area (Å²) in [5, 5.41) is 45.2. The van der Waals surface area contributed by atoms with Gasteiger partial charge in [-0.05, 0) is 31.6 Å². The molecule has 0 N–H and O–H groups in total. The van der Waals surface area contributed by atoms with E-state index in [0.717, 1.165) is 18.1 Å². The lowest BCUT2D eigenvalue weighted by atomic mass is 10.2. The van der Waals surface area contributed by atoms with Gasteiger partial charge in [-0.15, -0.1) is 11.3 Å². The Balaban J connectivity index is 0.000000311. The molecule has 31 heavy (non-hydrogen) atoms. The van der Waals surface area contributed by atoms with Crippen LogP contribution in [0, 0.1) is 30.3 Å². The first-order chi connectivity index (χ1) is 14.5. The van der Waals surface area contributed by atoms with Crippen molar-refractivity contribution < 1.29 is 24.7 Å². The van der Waals surface area contributed by atoms with E-state index >= 15 is 0 Å². The fraction of sp³-hybridized carbons (Fsp3) is 0.353. The summed E-state index contributed by atoms with van der Waals surface area (Å²) < 4.78 is 0. The maximum absolute atomic E-state index is 11.7. The van der Waals surface area contributed by atoms with Gasteiger partial charge in [0.2, 0.25) is 5.91 Å². The maximum atomic E-state index is 11.7. The van der Waals surface area contributed by atoms with Crippen molar-refractivity contribution in [3.63, 3.8) is 0 Å². The highest BCUT2D eigenvalue weighted by atomic mass is 32.1. The normalized spacial score (nSPS) is 10.2. The molecule has 2 aromatic rings. The zero-order valence-corrected chi connectivity index (χ0v) is 17.7. The van der Waals surface area contributed by atoms with Crippen LogP contribution < -0.4 is 10.0 Å². The molecule has 0 atom stereocenters. The first-order valence-electron chi connectivity index (χ1n) is 8.76. The monoisotopic (exact) mass is 454 g/mol. The number of anilines is 1. The summed E-state index contributed by atoms with van der Waals surface area (Å²) in [5.74, 6) is -1.26. The van der Waals surface area contributed by atoms with Gasteiger partial charge in [-0.25, -0.2) is 0 Å². The minimum absolute atomic E-state index is 0.194. The molecule has 1 heterocycles. The molecule has 0 radical (unpaired) electrons. The highest BCUT2D eigenvalue weighted by molar-refractivity contribution is 7.14. The van der Waals surface area contributed by atoms with Crippen molar-refractivity contribution >= 4 is 39.3 Å². The molecular weight excluding hydrogens is 434 g/mol. The number of nitrogens with zero attached hydrogens (tertiary/aromatic N) is 5. The Morgan fingerprint density at radius 2 is 1.55 bits per heavy atom. The molecule has 0 aliphatic heterocycles. The van der Waals surface area contributed by atoms with Crippen LogP contribution in [0.4, 0.5) is 22.1 Å². The predicted octanol–water partition coefficient (Wildman–Crippen LogP) is 2.54. The van der Waals surface area contributed by atoms with E-state index in [0.29, 0.717) is 18.6 Å². The number of nitro benzene ring substituents is 3. The third-order valence-electron chi connectivity index (χ3n) is 3.79. The van der Waals surface area contributed by atoms with Gasteiger partial charge >= 0.3 is 0 Å². The van der Waals surface area contributed by atoms with Gasteiger partial charge < -0.3 is 14.9 Å². The molecule has 1 amide bonds. The number of amides is 1. The van der Waals surface area contributed by atoms with E-state index in [4.69, 9.17) is 0 Å². The quantitative estimate of drug-likeness (QED) is 0.428. The number of likely N-dealkylation sites (N-methyl/N-ethyl adjacent to an activating group) is 1. The lowest BCUT2D eigenvalue weighted by Gasteiger charge is -2.22. The molecule has 168 valence electrons. The van der Waals surface area contributed by atoms with Crippen molar-refractivity contribution in [2.75, 3.05) is 32.1 Å². The number of thiophene rings is 1. The number of rotatable bonds is 8. The Kier molecular flexibility index (Phi) is 9.43. The third kappa shape index (κ3) is 7.27. The Bertz CT molecular complexity index is 913. The first-order valence-corrected chi connectivity index (χ1v) is 9.64. The summed E-state index contributed by atoms with van der Waals surface area (Å²) in [6.07, 6.45) is 0.561. The van der Waals surface area contributed by atoms with E-state index < -0.39 is 37.6 Å². The lowest BCUT2D eigenvalue weighted by molar-refractivity contribution is -0.420. The fourth-order valence-corrected chi connectivity index (χ4v) is 3.01. The highest BCUT2D eigenvalue weighted by Crippen LogP contribution is 2.36. The molecule has 14 heteroatoms. The van der Waals surface area contributed by atoms with Gasteiger partial charge in [0, 0.05) is 19.5 Å². The van der Waals surface area contributed by atoms with Crippen LogP contribution in [0.2, 0.25) is 0 Å². The smallest absolute Gasteiger partial charge is 0.283 e. The van der Waals surface area contributed by atoms with Gasteiger partial charge in [-0.1, -0.05) is 6.92 Å². The standard InChI is InChI=1S/C11H18N2OS.C6H3N3O7/c1-4-10(14)13(8-7-12(2)3)11-6-5-9-15-11;10-6-4(8(13)14)1-3(7(11)12)2-5(6)9(15)16/h5-6,9H,4,7-8H2,1-3H3;1-2,10H/p-1. The lowest BCUT2D eigenvalue weighted by Crippen LogP contribution is -2.35. The SMILES string of the molecule is CCC(=O)N(CCN(C)C)c1cccs1.O=[N+]([O-])c1cc([N+](=O)[O-])c([O-])c([N+](=O)[O-])c1. The van der Waals surface area contributed by atoms with Gasteiger partial charge in [-0.2, -0.15) is 0 Å². The number of carbonyl (C=O) groups is 1. The van der Waals surface area contributed by atoms with E-state index in [2.05, 4.69) is 4.90 Å². The highest BCUT2D eigenvalue weighted by Gasteiger charge is 2.24. The summed E-state index contributed by atoms with van der Waals surface area (Å²) in [7, 11) is 4.03. The maximum Gasteiger partial charge on any atom is 0.283 e. The summed E-state index contributed by atoms with van der Waals surface area (Å²) in [6, 6.07) is 4.74. The molecule has 0 aliphatic carbocycles. The molecular formula is C17H20N5O8S-. The van der Waals surface area contributed by atoms with Crippen molar-refractivity contribution in [3.05, 3.63) is 60.0 Å². The Hall–Kier alpha value is -3.65. The van der Waals surface area contributed by atoms with Crippen LogP contribution >= 0.6 is 11.3 Å². The number of benzene rings is 1.